The first-order valence-electron chi connectivity index (χ1n) is 9.22. The summed E-state index contributed by atoms with van der Waals surface area (Å²) in [6.07, 6.45) is 11.6. The number of hydrogen-bond acceptors (Lipinski definition) is 2. The van der Waals surface area contributed by atoms with Crippen LogP contribution >= 0.6 is 0 Å². The summed E-state index contributed by atoms with van der Waals surface area (Å²) in [5.41, 5.74) is 0.121. The molecule has 3 aliphatic rings. The summed E-state index contributed by atoms with van der Waals surface area (Å²) in [7, 11) is 0. The van der Waals surface area contributed by atoms with Crippen molar-refractivity contribution in [1.29, 1.82) is 0 Å². The summed E-state index contributed by atoms with van der Waals surface area (Å²) in [5.74, 6) is 4.17. The normalized spacial score (nSPS) is 35.9. The van der Waals surface area contributed by atoms with Gasteiger partial charge in [0.25, 0.3) is 0 Å². The molecular weight excluding hydrogens is 272 g/mol. The molecule has 3 nitrogen and oxygen atoms in total. The maximum Gasteiger partial charge on any atom is 0.250 e. The molecule has 1 aromatic rings. The fourth-order valence-electron chi connectivity index (χ4n) is 5.64. The Kier molecular flexibility index (Phi) is 4.08. The molecule has 0 radical (unpaired) electrons. The summed E-state index contributed by atoms with van der Waals surface area (Å²) in [6, 6.07) is 6.19. The number of hydrogen-bond donors (Lipinski definition) is 1. The van der Waals surface area contributed by atoms with Crippen molar-refractivity contribution in [3.8, 4) is 0 Å². The molecule has 1 heterocycles. The topological polar surface area (TPSA) is 34.0 Å². The van der Waals surface area contributed by atoms with E-state index in [1.165, 1.54) is 38.5 Å². The molecule has 3 aliphatic carbocycles. The van der Waals surface area contributed by atoms with Crippen molar-refractivity contribution in [1.82, 2.24) is 9.88 Å². The molecule has 1 N–H and O–H groups in total. The first-order chi connectivity index (χ1) is 10.8. The third-order valence-corrected chi connectivity index (χ3v) is 6.56. The Morgan fingerprint density at radius 2 is 2.00 bits per heavy atom. The highest BCUT2D eigenvalue weighted by atomic mass is 16.1. The van der Waals surface area contributed by atoms with Crippen LogP contribution in [-0.4, -0.2) is 17.2 Å². The van der Waals surface area contributed by atoms with Crippen molar-refractivity contribution in [2.45, 2.75) is 57.5 Å². The molecule has 1 aromatic heterocycles. The van der Waals surface area contributed by atoms with E-state index in [4.69, 9.17) is 0 Å². The van der Waals surface area contributed by atoms with Crippen LogP contribution in [-0.2, 0) is 6.54 Å². The van der Waals surface area contributed by atoms with E-state index >= 15 is 0 Å². The maximum atomic E-state index is 11.6. The van der Waals surface area contributed by atoms with Gasteiger partial charge >= 0.3 is 0 Å². The summed E-state index contributed by atoms with van der Waals surface area (Å²) in [5, 5.41) is 3.84. The minimum absolute atomic E-state index is 0.121. The first kappa shape index (κ1) is 14.5. The second-order valence-electron chi connectivity index (χ2n) is 7.65. The van der Waals surface area contributed by atoms with Gasteiger partial charge in [-0.2, -0.15) is 0 Å². The van der Waals surface area contributed by atoms with E-state index in [0.717, 1.165) is 49.2 Å². The zero-order valence-corrected chi connectivity index (χ0v) is 13.4. The molecular formula is C19H28N2O. The van der Waals surface area contributed by atoms with Crippen molar-refractivity contribution in [2.75, 3.05) is 6.54 Å². The van der Waals surface area contributed by atoms with Gasteiger partial charge in [0.2, 0.25) is 5.56 Å². The molecule has 22 heavy (non-hydrogen) atoms. The molecule has 0 aliphatic heterocycles. The smallest absolute Gasteiger partial charge is 0.250 e. The minimum atomic E-state index is 0.121. The van der Waals surface area contributed by atoms with Crippen molar-refractivity contribution in [2.24, 2.45) is 23.7 Å². The van der Waals surface area contributed by atoms with Gasteiger partial charge in [-0.3, -0.25) is 4.79 Å². The van der Waals surface area contributed by atoms with Crippen LogP contribution in [0.4, 0.5) is 0 Å². The lowest BCUT2D eigenvalue weighted by Crippen LogP contribution is -2.39. The molecule has 2 bridgehead atoms. The molecule has 0 spiro atoms. The van der Waals surface area contributed by atoms with Gasteiger partial charge in [0.05, 0.1) is 0 Å². The van der Waals surface area contributed by atoms with Gasteiger partial charge in [-0.15, -0.1) is 0 Å². The van der Waals surface area contributed by atoms with Gasteiger partial charge in [0, 0.05) is 24.8 Å². The third kappa shape index (κ3) is 2.64. The molecule has 0 aromatic carbocycles. The molecule has 5 unspecified atom stereocenters. The van der Waals surface area contributed by atoms with Crippen LogP contribution in [0.25, 0.3) is 0 Å². The van der Waals surface area contributed by atoms with Gasteiger partial charge in [-0.25, -0.2) is 0 Å². The van der Waals surface area contributed by atoms with Crippen LogP contribution in [0, 0.1) is 23.7 Å². The van der Waals surface area contributed by atoms with E-state index in [0.29, 0.717) is 0 Å². The monoisotopic (exact) mass is 300 g/mol. The molecule has 3 saturated carbocycles. The summed E-state index contributed by atoms with van der Waals surface area (Å²) in [4.78, 5) is 11.6. The second-order valence-corrected chi connectivity index (χ2v) is 7.65. The standard InChI is InChI=1S/C19H28N2O/c22-19-8-1-3-10-21(19)11-4-2-9-20-18-13-14-12-17(18)16-7-5-6-15(14)16/h1,3,8,10,14-18,20H,2,4-7,9,11-13H2. The minimum Gasteiger partial charge on any atom is -0.316 e. The van der Waals surface area contributed by atoms with Crippen LogP contribution in [0.3, 0.4) is 0 Å². The van der Waals surface area contributed by atoms with Crippen molar-refractivity contribution in [3.05, 3.63) is 34.7 Å². The number of aromatic nitrogens is 1. The van der Waals surface area contributed by atoms with E-state index in [2.05, 4.69) is 5.32 Å². The zero-order valence-electron chi connectivity index (χ0n) is 13.4. The van der Waals surface area contributed by atoms with Crippen LogP contribution in [0.5, 0.6) is 0 Å². The third-order valence-electron chi connectivity index (χ3n) is 6.56. The molecule has 5 atom stereocenters. The number of unbranched alkanes of at least 4 members (excludes halogenated alkanes) is 1. The number of rotatable bonds is 6. The average Bonchev–Trinajstić information content (AvgIpc) is 3.21. The Balaban J connectivity index is 1.19. The highest BCUT2D eigenvalue weighted by Gasteiger charge is 2.53. The Morgan fingerprint density at radius 1 is 1.09 bits per heavy atom. The van der Waals surface area contributed by atoms with E-state index in [1.54, 1.807) is 6.07 Å². The van der Waals surface area contributed by atoms with Gasteiger partial charge in [0.15, 0.2) is 0 Å². The summed E-state index contributed by atoms with van der Waals surface area (Å²) < 4.78 is 1.82. The van der Waals surface area contributed by atoms with E-state index in [9.17, 15) is 4.79 Å². The van der Waals surface area contributed by atoms with Crippen LogP contribution < -0.4 is 10.9 Å². The largest absolute Gasteiger partial charge is 0.316 e. The average molecular weight is 300 g/mol. The lowest BCUT2D eigenvalue weighted by atomic mass is 9.79. The molecule has 0 saturated heterocycles. The van der Waals surface area contributed by atoms with Crippen LogP contribution in [0.1, 0.15) is 44.9 Å². The Hall–Kier alpha value is -1.09. The molecule has 120 valence electrons. The number of pyridine rings is 1. The number of nitrogens with zero attached hydrogens (tertiary/aromatic N) is 1. The Labute approximate surface area is 133 Å². The second kappa shape index (κ2) is 6.19. The molecule has 0 amide bonds. The fraction of sp³-hybridized carbons (Fsp3) is 0.737. The van der Waals surface area contributed by atoms with Crippen molar-refractivity contribution >= 4 is 0 Å². The Morgan fingerprint density at radius 3 is 2.91 bits per heavy atom. The maximum absolute atomic E-state index is 11.6. The number of nitrogens with one attached hydrogen (secondary N) is 1. The predicted molar refractivity (Wildman–Crippen MR) is 88.8 cm³/mol. The fourth-order valence-corrected chi connectivity index (χ4v) is 5.64. The Bertz CT molecular complexity index is 567. The molecule has 4 rings (SSSR count). The zero-order chi connectivity index (χ0) is 14.9. The highest BCUT2D eigenvalue weighted by molar-refractivity contribution is 5.05. The lowest BCUT2D eigenvalue weighted by Gasteiger charge is -2.32. The van der Waals surface area contributed by atoms with Gasteiger partial charge < -0.3 is 9.88 Å². The lowest BCUT2D eigenvalue weighted by molar-refractivity contribution is 0.208. The number of fused-ring (bicyclic) bond motifs is 5. The highest BCUT2D eigenvalue weighted by Crippen LogP contribution is 2.58. The quantitative estimate of drug-likeness (QED) is 0.819. The molecule has 3 fully saturated rings. The SMILES string of the molecule is O=c1ccccn1CCCCNC1CC2CC1C1CCCC21. The van der Waals surface area contributed by atoms with E-state index in [1.807, 2.05) is 22.9 Å². The van der Waals surface area contributed by atoms with Gasteiger partial charge in [-0.1, -0.05) is 12.5 Å². The summed E-state index contributed by atoms with van der Waals surface area (Å²) >= 11 is 0. The number of aryl methyl sites for hydroxylation is 1. The van der Waals surface area contributed by atoms with E-state index in [-0.39, 0.29) is 5.56 Å². The van der Waals surface area contributed by atoms with Crippen molar-refractivity contribution < 1.29 is 0 Å². The van der Waals surface area contributed by atoms with Gasteiger partial charge in [-0.05, 0) is 74.8 Å². The van der Waals surface area contributed by atoms with Crippen LogP contribution in [0.2, 0.25) is 0 Å². The van der Waals surface area contributed by atoms with Crippen molar-refractivity contribution in [3.63, 3.8) is 0 Å². The molecule has 3 heteroatoms. The van der Waals surface area contributed by atoms with Crippen LogP contribution in [0.15, 0.2) is 29.2 Å². The first-order valence-corrected chi connectivity index (χ1v) is 9.22. The predicted octanol–water partition coefficient (Wildman–Crippen LogP) is 3.04. The summed E-state index contributed by atoms with van der Waals surface area (Å²) in [6.45, 7) is 1.97. The van der Waals surface area contributed by atoms with E-state index < -0.39 is 0 Å². The van der Waals surface area contributed by atoms with Gasteiger partial charge in [0.1, 0.15) is 0 Å².